The zero-order valence-corrected chi connectivity index (χ0v) is 20.9. The Bertz CT molecular complexity index is 1240. The number of aliphatic hydroxyl groups is 1. The SMILES string of the molecule is C/C(=C\C=C(\Cl)CC(=O)N1CCOCC1)N1CCOC(C(O)C(=O)Nc2ccc3c(N)noc3c2)C1=O. The molecule has 2 aliphatic heterocycles. The lowest BCUT2D eigenvalue weighted by Crippen LogP contribution is -2.54. The van der Waals surface area contributed by atoms with E-state index in [0.29, 0.717) is 53.7 Å². The fraction of sp³-hybridized carbons (Fsp3) is 0.417. The number of hydrogen-bond donors (Lipinski definition) is 3. The number of halogens is 1. The molecule has 4 N–H and O–H groups in total. The third-order valence-corrected chi connectivity index (χ3v) is 6.32. The Balaban J connectivity index is 1.36. The molecule has 2 atom stereocenters. The molecule has 13 heteroatoms. The summed E-state index contributed by atoms with van der Waals surface area (Å²) in [5.74, 6) is -1.27. The molecule has 12 nitrogen and oxygen atoms in total. The molecule has 2 saturated heterocycles. The summed E-state index contributed by atoms with van der Waals surface area (Å²) in [5.41, 5.74) is 6.90. The number of benzene rings is 1. The molecule has 2 aromatic rings. The third kappa shape index (κ3) is 6.28. The summed E-state index contributed by atoms with van der Waals surface area (Å²) in [5, 5.41) is 17.7. The first-order valence-electron chi connectivity index (χ1n) is 11.7. The van der Waals surface area contributed by atoms with Crippen LogP contribution in [0.1, 0.15) is 13.3 Å². The van der Waals surface area contributed by atoms with Gasteiger partial charge in [-0.3, -0.25) is 14.4 Å². The van der Waals surface area contributed by atoms with E-state index in [1.807, 2.05) is 0 Å². The van der Waals surface area contributed by atoms with Crippen molar-refractivity contribution in [2.24, 2.45) is 0 Å². The zero-order valence-electron chi connectivity index (χ0n) is 20.2. The van der Waals surface area contributed by atoms with E-state index in [9.17, 15) is 19.5 Å². The fourth-order valence-electron chi connectivity index (χ4n) is 4.00. The molecule has 37 heavy (non-hydrogen) atoms. The third-order valence-electron chi connectivity index (χ3n) is 6.06. The van der Waals surface area contributed by atoms with E-state index in [2.05, 4.69) is 10.5 Å². The molecule has 1 aromatic heterocycles. The van der Waals surface area contributed by atoms with Crippen molar-refractivity contribution < 1.29 is 33.5 Å². The lowest BCUT2D eigenvalue weighted by atomic mass is 10.1. The van der Waals surface area contributed by atoms with Crippen LogP contribution in [-0.4, -0.2) is 89.4 Å². The minimum atomic E-state index is -1.76. The number of nitrogens with one attached hydrogen (secondary N) is 1. The van der Waals surface area contributed by atoms with Gasteiger partial charge < -0.3 is 40.0 Å². The maximum absolute atomic E-state index is 13.0. The molecular formula is C24H28ClN5O7. The van der Waals surface area contributed by atoms with Gasteiger partial charge in [0.05, 0.1) is 31.6 Å². The number of carbonyl (C=O) groups is 3. The van der Waals surface area contributed by atoms with Gasteiger partial charge in [-0.15, -0.1) is 0 Å². The van der Waals surface area contributed by atoms with Crippen molar-refractivity contribution in [3.8, 4) is 0 Å². The Labute approximate surface area is 217 Å². The van der Waals surface area contributed by atoms with Crippen LogP contribution in [0.3, 0.4) is 0 Å². The summed E-state index contributed by atoms with van der Waals surface area (Å²) in [7, 11) is 0. The van der Waals surface area contributed by atoms with E-state index in [-0.39, 0.29) is 31.3 Å². The number of morpholine rings is 2. The average Bonchev–Trinajstić information content (AvgIpc) is 3.27. The van der Waals surface area contributed by atoms with Gasteiger partial charge in [-0.2, -0.15) is 0 Å². The molecule has 2 unspecified atom stereocenters. The monoisotopic (exact) mass is 533 g/mol. The van der Waals surface area contributed by atoms with Gasteiger partial charge in [-0.05, 0) is 31.2 Å². The highest BCUT2D eigenvalue weighted by molar-refractivity contribution is 6.31. The highest BCUT2D eigenvalue weighted by Gasteiger charge is 2.39. The second-order valence-electron chi connectivity index (χ2n) is 8.59. The topological polar surface area (TPSA) is 160 Å². The Hall–Kier alpha value is -3.45. The minimum Gasteiger partial charge on any atom is -0.380 e. The van der Waals surface area contributed by atoms with Crippen LogP contribution in [0.4, 0.5) is 11.5 Å². The number of ether oxygens (including phenoxy) is 2. The molecule has 2 fully saturated rings. The predicted molar refractivity (Wildman–Crippen MR) is 134 cm³/mol. The Morgan fingerprint density at radius 2 is 2.03 bits per heavy atom. The van der Waals surface area contributed by atoms with E-state index in [1.54, 1.807) is 36.1 Å². The number of allylic oxidation sites excluding steroid dienone is 3. The van der Waals surface area contributed by atoms with E-state index in [0.717, 1.165) is 0 Å². The molecule has 0 spiro atoms. The van der Waals surface area contributed by atoms with Gasteiger partial charge in [-0.1, -0.05) is 16.8 Å². The van der Waals surface area contributed by atoms with Crippen molar-refractivity contribution in [1.82, 2.24) is 15.0 Å². The van der Waals surface area contributed by atoms with Gasteiger partial charge in [0.25, 0.3) is 11.8 Å². The largest absolute Gasteiger partial charge is 0.380 e. The van der Waals surface area contributed by atoms with Gasteiger partial charge in [0.15, 0.2) is 23.6 Å². The fourth-order valence-corrected chi connectivity index (χ4v) is 4.18. The van der Waals surface area contributed by atoms with Crippen LogP contribution in [0, 0.1) is 0 Å². The highest BCUT2D eigenvalue weighted by Crippen LogP contribution is 2.24. The number of hydrogen-bond acceptors (Lipinski definition) is 9. The van der Waals surface area contributed by atoms with E-state index >= 15 is 0 Å². The number of anilines is 2. The molecule has 1 aromatic carbocycles. The van der Waals surface area contributed by atoms with Crippen molar-refractivity contribution in [2.75, 3.05) is 50.5 Å². The number of rotatable bonds is 7. The molecule has 198 valence electrons. The second kappa shape index (κ2) is 11.7. The number of aromatic nitrogens is 1. The van der Waals surface area contributed by atoms with Gasteiger partial charge in [0, 0.05) is 42.1 Å². The van der Waals surface area contributed by atoms with Crippen LogP contribution in [0.25, 0.3) is 11.0 Å². The van der Waals surface area contributed by atoms with Gasteiger partial charge in [0.2, 0.25) is 5.91 Å². The maximum Gasteiger partial charge on any atom is 0.259 e. The van der Waals surface area contributed by atoms with Gasteiger partial charge >= 0.3 is 0 Å². The second-order valence-corrected chi connectivity index (χ2v) is 9.07. The summed E-state index contributed by atoms with van der Waals surface area (Å²) in [6.45, 7) is 4.09. The standard InChI is InChI=1S/C24H28ClN5O7/c1-14(2-3-15(25)12-19(31)29-6-9-35-10-7-29)30-8-11-36-21(24(30)34)20(32)23(33)27-16-4-5-17-18(13-16)37-28-22(17)26/h2-5,13,20-21,32H,6-12H2,1H3,(H2,26,28)(H,27,33)/b14-2+,15-3+. The number of nitrogens with zero attached hydrogens (tertiary/aromatic N) is 3. The van der Waals surface area contributed by atoms with Gasteiger partial charge in [0.1, 0.15) is 0 Å². The number of nitrogens with two attached hydrogens (primary N) is 1. The van der Waals surface area contributed by atoms with Crippen LogP contribution in [0.15, 0.2) is 45.6 Å². The van der Waals surface area contributed by atoms with Crippen molar-refractivity contribution in [3.63, 3.8) is 0 Å². The zero-order chi connectivity index (χ0) is 26.5. The summed E-state index contributed by atoms with van der Waals surface area (Å²) in [6, 6.07) is 4.70. The minimum absolute atomic E-state index is 0.0381. The van der Waals surface area contributed by atoms with Crippen LogP contribution >= 0.6 is 11.6 Å². The molecule has 4 rings (SSSR count). The number of aliphatic hydroxyl groups excluding tert-OH is 1. The van der Waals surface area contributed by atoms with Crippen LogP contribution in [0.5, 0.6) is 0 Å². The lowest BCUT2D eigenvalue weighted by molar-refractivity contribution is -0.163. The van der Waals surface area contributed by atoms with Crippen LogP contribution in [-0.2, 0) is 23.9 Å². The van der Waals surface area contributed by atoms with E-state index in [1.165, 1.54) is 11.0 Å². The first-order valence-corrected chi connectivity index (χ1v) is 12.1. The Kier molecular flexibility index (Phi) is 8.44. The molecule has 0 bridgehead atoms. The Morgan fingerprint density at radius 3 is 2.78 bits per heavy atom. The molecule has 0 aliphatic carbocycles. The molecule has 0 saturated carbocycles. The summed E-state index contributed by atoms with van der Waals surface area (Å²) < 4.78 is 15.8. The highest BCUT2D eigenvalue weighted by atomic mass is 35.5. The van der Waals surface area contributed by atoms with Crippen molar-refractivity contribution in [3.05, 3.63) is 41.1 Å². The normalized spacial score (nSPS) is 20.3. The molecule has 3 heterocycles. The first kappa shape index (κ1) is 26.6. The maximum atomic E-state index is 13.0. The van der Waals surface area contributed by atoms with Crippen LogP contribution < -0.4 is 11.1 Å². The number of amides is 3. The lowest BCUT2D eigenvalue weighted by Gasteiger charge is -2.34. The molecule has 2 aliphatic rings. The summed E-state index contributed by atoms with van der Waals surface area (Å²) in [4.78, 5) is 41.1. The quantitative estimate of drug-likeness (QED) is 0.444. The molecule has 3 amide bonds. The van der Waals surface area contributed by atoms with Crippen LogP contribution in [0.2, 0.25) is 0 Å². The molecule has 0 radical (unpaired) electrons. The smallest absolute Gasteiger partial charge is 0.259 e. The average molecular weight is 534 g/mol. The number of nitrogen functional groups attached to an aromatic ring is 1. The van der Waals surface area contributed by atoms with Crippen molar-refractivity contribution in [1.29, 1.82) is 0 Å². The van der Waals surface area contributed by atoms with Gasteiger partial charge in [-0.25, -0.2) is 0 Å². The number of fused-ring (bicyclic) bond motifs is 1. The Morgan fingerprint density at radius 1 is 1.27 bits per heavy atom. The summed E-state index contributed by atoms with van der Waals surface area (Å²) in [6.07, 6.45) is 0.0479. The van der Waals surface area contributed by atoms with Crippen molar-refractivity contribution >= 4 is 51.8 Å². The van der Waals surface area contributed by atoms with Crippen molar-refractivity contribution in [2.45, 2.75) is 25.6 Å². The molecular weight excluding hydrogens is 506 g/mol. The predicted octanol–water partition coefficient (Wildman–Crippen LogP) is 1.21. The summed E-state index contributed by atoms with van der Waals surface area (Å²) >= 11 is 6.25. The van der Waals surface area contributed by atoms with E-state index < -0.39 is 24.0 Å². The van der Waals surface area contributed by atoms with E-state index in [4.69, 9.17) is 31.3 Å². The first-order chi connectivity index (χ1) is 17.7. The number of carbonyl (C=O) groups excluding carboxylic acids is 3.